The van der Waals surface area contributed by atoms with Crippen molar-refractivity contribution in [3.63, 3.8) is 0 Å². The fourth-order valence-electron chi connectivity index (χ4n) is 2.44. The van der Waals surface area contributed by atoms with E-state index < -0.39 is 0 Å². The van der Waals surface area contributed by atoms with Crippen molar-refractivity contribution in [3.05, 3.63) is 0 Å². The van der Waals surface area contributed by atoms with E-state index in [0.717, 1.165) is 6.54 Å². The normalized spacial score (nSPS) is 23.4. The average molecular weight is 306 g/mol. The Morgan fingerprint density at radius 2 is 1.75 bits per heavy atom. The molecule has 0 aromatic carbocycles. The highest BCUT2D eigenvalue weighted by Gasteiger charge is 2.30. The third kappa shape index (κ3) is 4.07. The lowest BCUT2D eigenvalue weighted by Gasteiger charge is -2.37. The van der Waals surface area contributed by atoms with Gasteiger partial charge in [0.15, 0.2) is 0 Å². The molecule has 0 bridgehead atoms. The van der Waals surface area contributed by atoms with Gasteiger partial charge < -0.3 is 19.9 Å². The number of nitrogens with one attached hydrogen (secondary N) is 1. The minimum absolute atomic E-state index is 0. The fraction of sp³-hybridized carbons (Fsp3) is 0.846. The Morgan fingerprint density at radius 3 is 2.25 bits per heavy atom. The lowest BCUT2D eigenvalue weighted by molar-refractivity contribution is -0.150. The van der Waals surface area contributed by atoms with Crippen LogP contribution in [0.4, 0.5) is 0 Å². The number of piperazine rings is 1. The Hall–Kier alpha value is -0.850. The lowest BCUT2D eigenvalue weighted by atomic mass is 10.1. The molecule has 0 aromatic heterocycles. The van der Waals surface area contributed by atoms with Gasteiger partial charge in [0.05, 0.1) is 6.61 Å². The number of morpholine rings is 1. The zero-order valence-electron chi connectivity index (χ0n) is 12.1. The Bertz CT molecular complexity index is 338. The van der Waals surface area contributed by atoms with Crippen molar-refractivity contribution in [2.75, 3.05) is 45.9 Å². The Kier molecular flexibility index (Phi) is 6.71. The number of carbonyl (C=O) groups is 2. The zero-order valence-corrected chi connectivity index (χ0v) is 12.9. The number of rotatable bonds is 2. The highest BCUT2D eigenvalue weighted by molar-refractivity contribution is 5.85. The van der Waals surface area contributed by atoms with E-state index in [1.165, 1.54) is 0 Å². The van der Waals surface area contributed by atoms with Gasteiger partial charge in [-0.3, -0.25) is 9.59 Å². The molecule has 2 heterocycles. The molecule has 0 spiro atoms. The highest BCUT2D eigenvalue weighted by Crippen LogP contribution is 2.10. The maximum Gasteiger partial charge on any atom is 0.253 e. The van der Waals surface area contributed by atoms with Crippen molar-refractivity contribution in [3.8, 4) is 0 Å². The van der Waals surface area contributed by atoms with Gasteiger partial charge >= 0.3 is 0 Å². The predicted octanol–water partition coefficient (Wildman–Crippen LogP) is -0.277. The minimum Gasteiger partial charge on any atom is -0.366 e. The van der Waals surface area contributed by atoms with Gasteiger partial charge in [-0.25, -0.2) is 0 Å². The number of nitrogens with zero attached hydrogens (tertiary/aromatic N) is 2. The van der Waals surface area contributed by atoms with Gasteiger partial charge in [-0.2, -0.15) is 0 Å². The van der Waals surface area contributed by atoms with E-state index in [0.29, 0.717) is 39.3 Å². The second-order valence-electron chi connectivity index (χ2n) is 5.37. The molecule has 6 nitrogen and oxygen atoms in total. The molecule has 2 rings (SSSR count). The first kappa shape index (κ1) is 17.2. The van der Waals surface area contributed by atoms with Crippen molar-refractivity contribution < 1.29 is 14.3 Å². The van der Waals surface area contributed by atoms with Crippen LogP contribution >= 0.6 is 12.4 Å². The highest BCUT2D eigenvalue weighted by atomic mass is 35.5. The number of hydrogen-bond acceptors (Lipinski definition) is 4. The standard InChI is InChI=1S/C13H23N3O3.ClH/c1-10(2)12(17)15-4-6-16(7-5-15)13(18)11-9-14-3-8-19-11;/h10-11,14H,3-9H2,1-2H3;1H. The summed E-state index contributed by atoms with van der Waals surface area (Å²) in [7, 11) is 0. The number of amides is 2. The molecule has 0 aliphatic carbocycles. The molecule has 2 amide bonds. The molecule has 7 heteroatoms. The maximum atomic E-state index is 12.2. The molecular weight excluding hydrogens is 282 g/mol. The summed E-state index contributed by atoms with van der Waals surface area (Å²) in [6.07, 6.45) is -0.360. The summed E-state index contributed by atoms with van der Waals surface area (Å²) in [6, 6.07) is 0. The van der Waals surface area contributed by atoms with Crippen LogP contribution in [0.3, 0.4) is 0 Å². The molecule has 2 aliphatic heterocycles. The van der Waals surface area contributed by atoms with E-state index in [1.807, 2.05) is 23.6 Å². The summed E-state index contributed by atoms with van der Waals surface area (Å²) in [5, 5.41) is 3.16. The third-order valence-corrected chi connectivity index (χ3v) is 3.60. The van der Waals surface area contributed by atoms with Crippen LogP contribution in [-0.2, 0) is 14.3 Å². The van der Waals surface area contributed by atoms with Crippen LogP contribution in [0.15, 0.2) is 0 Å². The maximum absolute atomic E-state index is 12.2. The number of hydrogen-bond donors (Lipinski definition) is 1. The Morgan fingerprint density at radius 1 is 1.15 bits per heavy atom. The first-order valence-corrected chi connectivity index (χ1v) is 6.99. The molecule has 0 radical (unpaired) electrons. The average Bonchev–Trinajstić information content (AvgIpc) is 2.46. The quantitative estimate of drug-likeness (QED) is 0.762. The lowest BCUT2D eigenvalue weighted by Crippen LogP contribution is -2.56. The van der Waals surface area contributed by atoms with Crippen molar-refractivity contribution in [1.29, 1.82) is 0 Å². The van der Waals surface area contributed by atoms with Crippen molar-refractivity contribution >= 4 is 24.2 Å². The summed E-state index contributed by atoms with van der Waals surface area (Å²) in [5.41, 5.74) is 0. The Labute approximate surface area is 126 Å². The topological polar surface area (TPSA) is 61.9 Å². The van der Waals surface area contributed by atoms with Crippen LogP contribution in [0.2, 0.25) is 0 Å². The van der Waals surface area contributed by atoms with E-state index >= 15 is 0 Å². The van der Waals surface area contributed by atoms with Crippen LogP contribution in [0, 0.1) is 5.92 Å². The first-order chi connectivity index (χ1) is 9.09. The third-order valence-electron chi connectivity index (χ3n) is 3.60. The van der Waals surface area contributed by atoms with Gasteiger partial charge in [0.1, 0.15) is 6.10 Å². The second kappa shape index (κ2) is 7.81. The van der Waals surface area contributed by atoms with Crippen molar-refractivity contribution in [2.45, 2.75) is 20.0 Å². The molecule has 2 aliphatic rings. The summed E-state index contributed by atoms with van der Waals surface area (Å²) >= 11 is 0. The largest absolute Gasteiger partial charge is 0.366 e. The molecule has 2 saturated heterocycles. The van der Waals surface area contributed by atoms with Gasteiger partial charge in [0.25, 0.3) is 5.91 Å². The summed E-state index contributed by atoms with van der Waals surface area (Å²) in [6.45, 7) is 8.26. The van der Waals surface area contributed by atoms with Crippen LogP contribution in [0.1, 0.15) is 13.8 Å². The summed E-state index contributed by atoms with van der Waals surface area (Å²) in [5.74, 6) is 0.236. The van der Waals surface area contributed by atoms with Gasteiger partial charge in [0, 0.05) is 45.2 Å². The van der Waals surface area contributed by atoms with Crippen LogP contribution in [-0.4, -0.2) is 73.6 Å². The molecule has 116 valence electrons. The first-order valence-electron chi connectivity index (χ1n) is 6.99. The smallest absolute Gasteiger partial charge is 0.253 e. The van der Waals surface area contributed by atoms with Gasteiger partial charge in [-0.05, 0) is 0 Å². The molecule has 20 heavy (non-hydrogen) atoms. The van der Waals surface area contributed by atoms with E-state index in [-0.39, 0.29) is 36.2 Å². The minimum atomic E-state index is -0.360. The van der Waals surface area contributed by atoms with E-state index in [9.17, 15) is 9.59 Å². The molecule has 2 fully saturated rings. The molecule has 0 aromatic rings. The molecule has 1 N–H and O–H groups in total. The second-order valence-corrected chi connectivity index (χ2v) is 5.37. The summed E-state index contributed by atoms with van der Waals surface area (Å²) in [4.78, 5) is 27.7. The van der Waals surface area contributed by atoms with E-state index in [4.69, 9.17) is 4.74 Å². The molecular formula is C13H24ClN3O3. The molecule has 1 unspecified atom stereocenters. The van der Waals surface area contributed by atoms with Crippen molar-refractivity contribution in [2.24, 2.45) is 5.92 Å². The number of ether oxygens (including phenoxy) is 1. The SMILES string of the molecule is CC(C)C(=O)N1CCN(C(=O)C2CNCCO2)CC1.Cl. The van der Waals surface area contributed by atoms with Gasteiger partial charge in [-0.15, -0.1) is 12.4 Å². The van der Waals surface area contributed by atoms with Crippen molar-refractivity contribution in [1.82, 2.24) is 15.1 Å². The predicted molar refractivity (Wildman–Crippen MR) is 77.9 cm³/mol. The van der Waals surface area contributed by atoms with Gasteiger partial charge in [-0.1, -0.05) is 13.8 Å². The van der Waals surface area contributed by atoms with Crippen LogP contribution in [0.25, 0.3) is 0 Å². The fourth-order valence-corrected chi connectivity index (χ4v) is 2.44. The zero-order chi connectivity index (χ0) is 13.8. The number of carbonyl (C=O) groups excluding carboxylic acids is 2. The van der Waals surface area contributed by atoms with Crippen LogP contribution < -0.4 is 5.32 Å². The van der Waals surface area contributed by atoms with Crippen LogP contribution in [0.5, 0.6) is 0 Å². The Balaban J connectivity index is 0.00000200. The summed E-state index contributed by atoms with van der Waals surface area (Å²) < 4.78 is 5.47. The van der Waals surface area contributed by atoms with E-state index in [2.05, 4.69) is 5.32 Å². The molecule has 0 saturated carbocycles. The van der Waals surface area contributed by atoms with Gasteiger partial charge in [0.2, 0.25) is 5.91 Å². The molecule has 1 atom stereocenters. The number of halogens is 1. The monoisotopic (exact) mass is 305 g/mol. The van der Waals surface area contributed by atoms with E-state index in [1.54, 1.807) is 0 Å².